The van der Waals surface area contributed by atoms with E-state index in [9.17, 15) is 0 Å². The van der Waals surface area contributed by atoms with Crippen LogP contribution in [0.25, 0.3) is 0 Å². The second kappa shape index (κ2) is 9.73. The summed E-state index contributed by atoms with van der Waals surface area (Å²) in [7, 11) is 1.73. The second-order valence-corrected chi connectivity index (χ2v) is 5.27. The molecule has 2 unspecified atom stereocenters. The molecule has 18 heavy (non-hydrogen) atoms. The number of ether oxygens (including phenoxy) is 1. The average molecular weight is 258 g/mol. The van der Waals surface area contributed by atoms with Crippen molar-refractivity contribution < 1.29 is 9.84 Å². The summed E-state index contributed by atoms with van der Waals surface area (Å²) in [5, 5.41) is 12.8. The van der Waals surface area contributed by atoms with Crippen LogP contribution in [0.2, 0.25) is 0 Å². The summed E-state index contributed by atoms with van der Waals surface area (Å²) in [6, 6.07) is 0.675. The van der Waals surface area contributed by atoms with E-state index < -0.39 is 0 Å². The predicted molar refractivity (Wildman–Crippen MR) is 74.8 cm³/mol. The van der Waals surface area contributed by atoms with Crippen molar-refractivity contribution in [2.24, 2.45) is 5.92 Å². The molecule has 0 radical (unpaired) electrons. The molecule has 1 fully saturated rings. The summed E-state index contributed by atoms with van der Waals surface area (Å²) in [5.41, 5.74) is 0. The van der Waals surface area contributed by atoms with Crippen molar-refractivity contribution in [1.82, 2.24) is 10.2 Å². The van der Waals surface area contributed by atoms with Crippen molar-refractivity contribution in [2.75, 3.05) is 46.5 Å². The summed E-state index contributed by atoms with van der Waals surface area (Å²) in [4.78, 5) is 2.33. The van der Waals surface area contributed by atoms with Crippen LogP contribution in [0.1, 0.15) is 32.6 Å². The van der Waals surface area contributed by atoms with Gasteiger partial charge in [0.25, 0.3) is 0 Å². The maximum absolute atomic E-state index is 9.12. The molecule has 1 rings (SSSR count). The predicted octanol–water partition coefficient (Wildman–Crippen LogP) is 1.10. The first kappa shape index (κ1) is 15.9. The van der Waals surface area contributed by atoms with Crippen molar-refractivity contribution in [2.45, 2.75) is 38.6 Å². The molecular weight excluding hydrogens is 228 g/mol. The van der Waals surface area contributed by atoms with Crippen molar-refractivity contribution in [1.29, 1.82) is 0 Å². The van der Waals surface area contributed by atoms with Crippen LogP contribution in [0.4, 0.5) is 0 Å². The molecule has 2 N–H and O–H groups in total. The van der Waals surface area contributed by atoms with Gasteiger partial charge in [-0.2, -0.15) is 0 Å². The Bertz CT molecular complexity index is 202. The van der Waals surface area contributed by atoms with Gasteiger partial charge in [-0.25, -0.2) is 0 Å². The molecule has 0 amide bonds. The molecule has 108 valence electrons. The number of nitrogens with one attached hydrogen (secondary N) is 1. The van der Waals surface area contributed by atoms with Crippen LogP contribution in [0.15, 0.2) is 0 Å². The van der Waals surface area contributed by atoms with Crippen LogP contribution in [-0.4, -0.2) is 62.6 Å². The third kappa shape index (κ3) is 5.65. The first-order chi connectivity index (χ1) is 8.81. The normalized spacial score (nSPS) is 24.0. The van der Waals surface area contributed by atoms with E-state index in [2.05, 4.69) is 17.1 Å². The van der Waals surface area contributed by atoms with Crippen LogP contribution in [0, 0.1) is 5.92 Å². The standard InChI is InChI=1S/C14H30N2O2/c1-3-7-15-14-6-4-5-13(14)12-16(8-10-17)9-11-18-2/h13-15,17H,3-12H2,1-2H3. The van der Waals surface area contributed by atoms with E-state index >= 15 is 0 Å². The van der Waals surface area contributed by atoms with Crippen molar-refractivity contribution in [3.05, 3.63) is 0 Å². The average Bonchev–Trinajstić information content (AvgIpc) is 2.81. The maximum Gasteiger partial charge on any atom is 0.0589 e. The molecule has 2 atom stereocenters. The summed E-state index contributed by atoms with van der Waals surface area (Å²) in [6.45, 7) is 7.11. The largest absolute Gasteiger partial charge is 0.395 e. The zero-order valence-electron chi connectivity index (χ0n) is 12.0. The Morgan fingerprint density at radius 2 is 2.17 bits per heavy atom. The van der Waals surface area contributed by atoms with Gasteiger partial charge in [0, 0.05) is 32.8 Å². The minimum Gasteiger partial charge on any atom is -0.395 e. The number of aliphatic hydroxyl groups excluding tert-OH is 1. The Morgan fingerprint density at radius 1 is 1.33 bits per heavy atom. The van der Waals surface area contributed by atoms with Crippen molar-refractivity contribution in [3.63, 3.8) is 0 Å². The summed E-state index contributed by atoms with van der Waals surface area (Å²) >= 11 is 0. The molecule has 4 heteroatoms. The van der Waals surface area contributed by atoms with Gasteiger partial charge in [-0.3, -0.25) is 4.90 Å². The van der Waals surface area contributed by atoms with E-state index in [1.165, 1.54) is 25.7 Å². The van der Waals surface area contributed by atoms with Gasteiger partial charge in [0.2, 0.25) is 0 Å². The third-order valence-electron chi connectivity index (χ3n) is 3.84. The van der Waals surface area contributed by atoms with E-state index in [1.54, 1.807) is 7.11 Å². The first-order valence-corrected chi connectivity index (χ1v) is 7.37. The number of methoxy groups -OCH3 is 1. The smallest absolute Gasteiger partial charge is 0.0589 e. The Labute approximate surface area is 112 Å². The molecule has 0 bridgehead atoms. The van der Waals surface area contributed by atoms with Gasteiger partial charge in [0.1, 0.15) is 0 Å². The molecule has 0 heterocycles. The van der Waals surface area contributed by atoms with Gasteiger partial charge in [-0.05, 0) is 31.7 Å². The van der Waals surface area contributed by atoms with Crippen LogP contribution < -0.4 is 5.32 Å². The quantitative estimate of drug-likeness (QED) is 0.616. The lowest BCUT2D eigenvalue weighted by molar-refractivity contribution is 0.116. The monoisotopic (exact) mass is 258 g/mol. The summed E-state index contributed by atoms with van der Waals surface area (Å²) in [6.07, 6.45) is 5.16. The zero-order valence-corrected chi connectivity index (χ0v) is 12.0. The molecule has 0 aliphatic heterocycles. The highest BCUT2D eigenvalue weighted by atomic mass is 16.5. The van der Waals surface area contributed by atoms with Crippen LogP contribution in [-0.2, 0) is 4.74 Å². The van der Waals surface area contributed by atoms with Crippen LogP contribution in [0.5, 0.6) is 0 Å². The Kier molecular flexibility index (Phi) is 8.59. The van der Waals surface area contributed by atoms with E-state index in [0.29, 0.717) is 6.04 Å². The van der Waals surface area contributed by atoms with Crippen LogP contribution in [0.3, 0.4) is 0 Å². The highest BCUT2D eigenvalue weighted by molar-refractivity contribution is 4.85. The lowest BCUT2D eigenvalue weighted by atomic mass is 10.0. The molecule has 0 aromatic heterocycles. The maximum atomic E-state index is 9.12. The Hall–Kier alpha value is -0.160. The van der Waals surface area contributed by atoms with Gasteiger partial charge in [0.15, 0.2) is 0 Å². The third-order valence-corrected chi connectivity index (χ3v) is 3.84. The molecule has 4 nitrogen and oxygen atoms in total. The Balaban J connectivity index is 2.35. The summed E-state index contributed by atoms with van der Waals surface area (Å²) < 4.78 is 5.14. The molecule has 0 aromatic rings. The SMILES string of the molecule is CCCNC1CCCC1CN(CCO)CCOC. The number of nitrogens with zero attached hydrogens (tertiary/aromatic N) is 1. The van der Waals surface area contributed by atoms with Crippen LogP contribution >= 0.6 is 0 Å². The molecule has 0 aromatic carbocycles. The topological polar surface area (TPSA) is 44.7 Å². The minimum atomic E-state index is 0.240. The van der Waals surface area contributed by atoms with E-state index in [0.717, 1.165) is 38.7 Å². The molecule has 1 aliphatic carbocycles. The number of aliphatic hydroxyl groups is 1. The number of hydrogen-bond acceptors (Lipinski definition) is 4. The van der Waals surface area contributed by atoms with E-state index in [1.807, 2.05) is 0 Å². The fourth-order valence-corrected chi connectivity index (χ4v) is 2.84. The van der Waals surface area contributed by atoms with Crippen molar-refractivity contribution >= 4 is 0 Å². The fraction of sp³-hybridized carbons (Fsp3) is 1.00. The van der Waals surface area contributed by atoms with Crippen molar-refractivity contribution in [3.8, 4) is 0 Å². The highest BCUT2D eigenvalue weighted by Crippen LogP contribution is 2.26. The molecular formula is C14H30N2O2. The van der Waals surface area contributed by atoms with Gasteiger partial charge >= 0.3 is 0 Å². The molecule has 0 saturated heterocycles. The van der Waals surface area contributed by atoms with Gasteiger partial charge in [-0.1, -0.05) is 13.3 Å². The zero-order chi connectivity index (χ0) is 13.2. The number of hydrogen-bond donors (Lipinski definition) is 2. The summed E-state index contributed by atoms with van der Waals surface area (Å²) in [5.74, 6) is 0.736. The number of rotatable bonds is 10. The van der Waals surface area contributed by atoms with Gasteiger partial charge in [0.05, 0.1) is 13.2 Å². The molecule has 1 aliphatic rings. The minimum absolute atomic E-state index is 0.240. The lowest BCUT2D eigenvalue weighted by Crippen LogP contribution is -2.41. The van der Waals surface area contributed by atoms with Gasteiger partial charge in [-0.15, -0.1) is 0 Å². The lowest BCUT2D eigenvalue weighted by Gasteiger charge is -2.28. The Morgan fingerprint density at radius 3 is 2.83 bits per heavy atom. The van der Waals surface area contributed by atoms with E-state index in [4.69, 9.17) is 9.84 Å². The molecule has 1 saturated carbocycles. The second-order valence-electron chi connectivity index (χ2n) is 5.27. The molecule has 0 spiro atoms. The fourth-order valence-electron chi connectivity index (χ4n) is 2.84. The van der Waals surface area contributed by atoms with E-state index in [-0.39, 0.29) is 6.61 Å². The van der Waals surface area contributed by atoms with Gasteiger partial charge < -0.3 is 15.2 Å². The first-order valence-electron chi connectivity index (χ1n) is 7.37. The highest BCUT2D eigenvalue weighted by Gasteiger charge is 2.27.